The van der Waals surface area contributed by atoms with Crippen LogP contribution < -0.4 is 14.2 Å². The zero-order chi connectivity index (χ0) is 17.9. The highest BCUT2D eigenvalue weighted by Crippen LogP contribution is 2.32. The number of sulfonamides is 1. The van der Waals surface area contributed by atoms with Crippen molar-refractivity contribution in [3.05, 3.63) is 47.5 Å². The summed E-state index contributed by atoms with van der Waals surface area (Å²) in [5, 5.41) is 0. The molecule has 0 bridgehead atoms. The quantitative estimate of drug-likeness (QED) is 0.858. The average molecular weight is 349 g/mol. The molecule has 0 aliphatic carbocycles. The van der Waals surface area contributed by atoms with Gasteiger partial charge in [0.05, 0.1) is 14.2 Å². The fourth-order valence-electron chi connectivity index (χ4n) is 2.54. The lowest BCUT2D eigenvalue weighted by Gasteiger charge is -2.17. The van der Waals surface area contributed by atoms with E-state index >= 15 is 0 Å². The summed E-state index contributed by atoms with van der Waals surface area (Å²) < 4.78 is 38.5. The molecule has 0 unspecified atom stereocenters. The second-order valence-corrected chi connectivity index (χ2v) is 7.50. The molecule has 0 aliphatic heterocycles. The summed E-state index contributed by atoms with van der Waals surface area (Å²) in [5.41, 5.74) is 2.45. The fourth-order valence-corrected chi connectivity index (χ4v) is 3.78. The Kier molecular flexibility index (Phi) is 5.39. The normalized spacial score (nSPS) is 11.4. The topological polar surface area (TPSA) is 64.6 Å². The highest BCUT2D eigenvalue weighted by molar-refractivity contribution is 7.92. The first-order valence-electron chi connectivity index (χ1n) is 7.64. The van der Waals surface area contributed by atoms with E-state index in [4.69, 9.17) is 9.47 Å². The first-order valence-corrected chi connectivity index (χ1v) is 9.12. The molecule has 0 aliphatic rings. The molecule has 0 fully saturated rings. The zero-order valence-corrected chi connectivity index (χ0v) is 15.4. The van der Waals surface area contributed by atoms with E-state index in [1.165, 1.54) is 7.11 Å². The monoisotopic (exact) mass is 349 g/mol. The van der Waals surface area contributed by atoms with Gasteiger partial charge in [0.25, 0.3) is 10.0 Å². The van der Waals surface area contributed by atoms with Gasteiger partial charge in [-0.3, -0.25) is 4.72 Å². The Bertz CT molecular complexity index is 812. The van der Waals surface area contributed by atoms with Gasteiger partial charge in [0.1, 0.15) is 16.4 Å². The smallest absolute Gasteiger partial charge is 0.265 e. The van der Waals surface area contributed by atoms with Crippen molar-refractivity contribution in [2.24, 2.45) is 0 Å². The van der Waals surface area contributed by atoms with Crippen LogP contribution in [0.5, 0.6) is 11.5 Å². The van der Waals surface area contributed by atoms with Crippen molar-refractivity contribution in [2.75, 3.05) is 18.9 Å². The highest BCUT2D eigenvalue weighted by atomic mass is 32.2. The first kappa shape index (κ1) is 18.1. The number of aryl methyl sites for hydroxylation is 1. The Labute approximate surface area is 143 Å². The predicted molar refractivity (Wildman–Crippen MR) is 95.6 cm³/mol. The van der Waals surface area contributed by atoms with Crippen LogP contribution in [0.2, 0.25) is 0 Å². The Hall–Kier alpha value is -2.21. The van der Waals surface area contributed by atoms with E-state index in [0.717, 1.165) is 11.1 Å². The zero-order valence-electron chi connectivity index (χ0n) is 14.6. The summed E-state index contributed by atoms with van der Waals surface area (Å²) in [6, 6.07) is 10.1. The molecule has 1 N–H and O–H groups in total. The summed E-state index contributed by atoms with van der Waals surface area (Å²) in [7, 11) is -0.736. The van der Waals surface area contributed by atoms with Gasteiger partial charge in [0, 0.05) is 5.69 Å². The van der Waals surface area contributed by atoms with Crippen molar-refractivity contribution in [3.8, 4) is 11.5 Å². The van der Waals surface area contributed by atoms with Crippen molar-refractivity contribution < 1.29 is 17.9 Å². The molecule has 2 aromatic rings. The number of methoxy groups -OCH3 is 2. The van der Waals surface area contributed by atoms with Crippen molar-refractivity contribution in [1.82, 2.24) is 0 Å². The van der Waals surface area contributed by atoms with Gasteiger partial charge in [-0.25, -0.2) is 8.42 Å². The minimum atomic E-state index is -3.76. The second-order valence-electron chi connectivity index (χ2n) is 5.85. The van der Waals surface area contributed by atoms with Crippen molar-refractivity contribution >= 4 is 15.7 Å². The number of anilines is 1. The van der Waals surface area contributed by atoms with Crippen molar-refractivity contribution in [1.29, 1.82) is 0 Å². The maximum absolute atomic E-state index is 12.8. The molecule has 0 radical (unpaired) electrons. The third kappa shape index (κ3) is 3.82. The van der Waals surface area contributed by atoms with Crippen LogP contribution in [0.4, 0.5) is 5.69 Å². The van der Waals surface area contributed by atoms with Crippen LogP contribution in [0, 0.1) is 6.92 Å². The van der Waals surface area contributed by atoms with Crippen LogP contribution >= 0.6 is 0 Å². The Morgan fingerprint density at radius 2 is 1.62 bits per heavy atom. The van der Waals surface area contributed by atoms with Gasteiger partial charge in [0.2, 0.25) is 0 Å². The summed E-state index contributed by atoms with van der Waals surface area (Å²) in [4.78, 5) is 0.134. The predicted octanol–water partition coefficient (Wildman–Crippen LogP) is 3.94. The van der Waals surface area contributed by atoms with Gasteiger partial charge in [-0.05, 0) is 60.4 Å². The molecule has 0 spiro atoms. The lowest BCUT2D eigenvalue weighted by Crippen LogP contribution is -2.15. The van der Waals surface area contributed by atoms with E-state index in [9.17, 15) is 8.42 Å². The highest BCUT2D eigenvalue weighted by Gasteiger charge is 2.22. The molecule has 24 heavy (non-hydrogen) atoms. The molecule has 0 saturated carbocycles. The summed E-state index contributed by atoms with van der Waals surface area (Å²) in [6.45, 7) is 6.01. The molecule has 6 heteroatoms. The Morgan fingerprint density at radius 3 is 2.12 bits per heavy atom. The number of benzene rings is 2. The Morgan fingerprint density at radius 1 is 1.00 bits per heavy atom. The van der Waals surface area contributed by atoms with Crippen molar-refractivity contribution in [2.45, 2.75) is 31.6 Å². The molecule has 2 rings (SSSR count). The van der Waals surface area contributed by atoms with E-state index < -0.39 is 10.0 Å². The standard InChI is InChI=1S/C18H23NO4S/c1-12(2)16-11-18(17(23-5)10-13(16)3)24(20,21)19-14-6-8-15(22-4)9-7-14/h6-12,19H,1-5H3. The van der Waals surface area contributed by atoms with Crippen LogP contribution in [0.1, 0.15) is 30.9 Å². The van der Waals surface area contributed by atoms with Gasteiger partial charge in [-0.15, -0.1) is 0 Å². The summed E-state index contributed by atoms with van der Waals surface area (Å²) in [6.07, 6.45) is 0. The molecular formula is C18H23NO4S. The van der Waals surface area contributed by atoms with E-state index in [2.05, 4.69) is 4.72 Å². The third-order valence-electron chi connectivity index (χ3n) is 3.81. The van der Waals surface area contributed by atoms with E-state index in [1.54, 1.807) is 43.5 Å². The van der Waals surface area contributed by atoms with Gasteiger partial charge >= 0.3 is 0 Å². The SMILES string of the molecule is COc1ccc(NS(=O)(=O)c2cc(C(C)C)c(C)cc2OC)cc1. The molecule has 0 heterocycles. The molecular weight excluding hydrogens is 326 g/mol. The lowest BCUT2D eigenvalue weighted by atomic mass is 9.98. The maximum atomic E-state index is 12.8. The molecule has 0 aromatic heterocycles. The van der Waals surface area contributed by atoms with E-state index in [0.29, 0.717) is 17.2 Å². The average Bonchev–Trinajstić information content (AvgIpc) is 2.54. The number of hydrogen-bond donors (Lipinski definition) is 1. The summed E-state index contributed by atoms with van der Waals surface area (Å²) >= 11 is 0. The van der Waals surface area contributed by atoms with E-state index in [1.807, 2.05) is 20.8 Å². The van der Waals surface area contributed by atoms with Gasteiger partial charge < -0.3 is 9.47 Å². The summed E-state index contributed by atoms with van der Waals surface area (Å²) in [5.74, 6) is 1.21. The number of hydrogen-bond acceptors (Lipinski definition) is 4. The molecule has 0 saturated heterocycles. The minimum absolute atomic E-state index is 0.134. The fraction of sp³-hybridized carbons (Fsp3) is 0.333. The van der Waals surface area contributed by atoms with Crippen LogP contribution in [0.15, 0.2) is 41.3 Å². The number of ether oxygens (including phenoxy) is 2. The molecule has 130 valence electrons. The van der Waals surface area contributed by atoms with Gasteiger partial charge in [-0.1, -0.05) is 13.8 Å². The Balaban J connectivity index is 2.45. The van der Waals surface area contributed by atoms with Gasteiger partial charge in [0.15, 0.2) is 0 Å². The van der Waals surface area contributed by atoms with Crippen molar-refractivity contribution in [3.63, 3.8) is 0 Å². The molecule has 2 aromatic carbocycles. The molecule has 0 amide bonds. The maximum Gasteiger partial charge on any atom is 0.265 e. The minimum Gasteiger partial charge on any atom is -0.497 e. The second kappa shape index (κ2) is 7.13. The van der Waals surface area contributed by atoms with Crippen LogP contribution in [0.3, 0.4) is 0 Å². The van der Waals surface area contributed by atoms with Crippen LogP contribution in [0.25, 0.3) is 0 Å². The number of nitrogens with one attached hydrogen (secondary N) is 1. The molecule has 5 nitrogen and oxygen atoms in total. The van der Waals surface area contributed by atoms with E-state index in [-0.39, 0.29) is 10.8 Å². The first-order chi connectivity index (χ1) is 11.3. The lowest BCUT2D eigenvalue weighted by molar-refractivity contribution is 0.402. The van der Waals surface area contributed by atoms with Crippen LogP contribution in [-0.2, 0) is 10.0 Å². The number of rotatable bonds is 6. The van der Waals surface area contributed by atoms with Crippen LogP contribution in [-0.4, -0.2) is 22.6 Å². The third-order valence-corrected chi connectivity index (χ3v) is 5.21. The largest absolute Gasteiger partial charge is 0.497 e. The van der Waals surface area contributed by atoms with Gasteiger partial charge in [-0.2, -0.15) is 0 Å². The molecule has 0 atom stereocenters.